The molecular weight excluding hydrogens is 325 g/mol. The summed E-state index contributed by atoms with van der Waals surface area (Å²) in [6.07, 6.45) is 1.04. The van der Waals surface area contributed by atoms with Crippen LogP contribution in [-0.2, 0) is 0 Å². The summed E-state index contributed by atoms with van der Waals surface area (Å²) < 4.78 is 0. The minimum atomic E-state index is 0.00724. The summed E-state index contributed by atoms with van der Waals surface area (Å²) in [5, 5.41) is 5.40. The van der Waals surface area contributed by atoms with Crippen LogP contribution >= 0.6 is 34.8 Å². The molecule has 0 saturated heterocycles. The minimum Gasteiger partial charge on any atom is -0.306 e. The van der Waals surface area contributed by atoms with Crippen molar-refractivity contribution in [2.24, 2.45) is 0 Å². The van der Waals surface area contributed by atoms with E-state index in [0.717, 1.165) is 34.7 Å². The van der Waals surface area contributed by atoms with Crippen molar-refractivity contribution in [1.29, 1.82) is 0 Å². The Labute approximate surface area is 141 Å². The highest BCUT2D eigenvalue weighted by Crippen LogP contribution is 2.32. The first-order valence-corrected chi connectivity index (χ1v) is 8.10. The van der Waals surface area contributed by atoms with Crippen LogP contribution in [0.4, 0.5) is 0 Å². The van der Waals surface area contributed by atoms with E-state index in [1.165, 1.54) is 0 Å². The van der Waals surface area contributed by atoms with Crippen LogP contribution in [0.2, 0.25) is 15.1 Å². The molecule has 2 aromatic rings. The zero-order valence-electron chi connectivity index (χ0n) is 12.1. The van der Waals surface area contributed by atoms with Gasteiger partial charge in [-0.2, -0.15) is 0 Å². The van der Waals surface area contributed by atoms with Gasteiger partial charge in [0.05, 0.1) is 16.1 Å². The summed E-state index contributed by atoms with van der Waals surface area (Å²) in [5.74, 6) is 0. The van der Waals surface area contributed by atoms with Crippen LogP contribution in [0, 0.1) is 6.92 Å². The fourth-order valence-corrected chi connectivity index (χ4v) is 2.90. The molecule has 1 nitrogen and oxygen atoms in total. The highest BCUT2D eigenvalue weighted by molar-refractivity contribution is 6.42. The van der Waals surface area contributed by atoms with E-state index in [2.05, 4.69) is 24.4 Å². The topological polar surface area (TPSA) is 12.0 Å². The van der Waals surface area contributed by atoms with Crippen LogP contribution in [0.3, 0.4) is 0 Å². The van der Waals surface area contributed by atoms with Gasteiger partial charge < -0.3 is 5.32 Å². The number of hydrogen-bond acceptors (Lipinski definition) is 1. The molecule has 1 atom stereocenters. The van der Waals surface area contributed by atoms with Crippen molar-refractivity contribution in [2.75, 3.05) is 6.54 Å². The van der Waals surface area contributed by atoms with Crippen molar-refractivity contribution in [2.45, 2.75) is 26.3 Å². The number of nitrogens with one attached hydrogen (secondary N) is 1. The van der Waals surface area contributed by atoms with Gasteiger partial charge >= 0.3 is 0 Å². The second-order valence-electron chi connectivity index (χ2n) is 5.09. The van der Waals surface area contributed by atoms with Crippen molar-refractivity contribution in [3.8, 4) is 0 Å². The first-order chi connectivity index (χ1) is 10.0. The molecule has 0 heterocycles. The second-order valence-corrected chi connectivity index (χ2v) is 6.31. The molecule has 0 bridgehead atoms. The van der Waals surface area contributed by atoms with Crippen LogP contribution in [0.5, 0.6) is 0 Å². The largest absolute Gasteiger partial charge is 0.306 e. The standard InChI is InChI=1S/C17H18Cl3N/c1-3-8-21-17(12-5-7-14(18)16(20)10-12)13-6-4-11(2)9-15(13)19/h4-7,9-10,17,21H,3,8H2,1-2H3. The Balaban J connectivity index is 2.44. The normalized spacial score (nSPS) is 12.4. The van der Waals surface area contributed by atoms with Gasteiger partial charge in [-0.15, -0.1) is 0 Å². The van der Waals surface area contributed by atoms with Gasteiger partial charge in [0.25, 0.3) is 0 Å². The molecule has 0 spiro atoms. The SMILES string of the molecule is CCCNC(c1ccc(Cl)c(Cl)c1)c1ccc(C)cc1Cl. The monoisotopic (exact) mass is 341 g/mol. The molecule has 112 valence electrons. The molecular formula is C17H18Cl3N. The minimum absolute atomic E-state index is 0.00724. The highest BCUT2D eigenvalue weighted by Gasteiger charge is 2.17. The lowest BCUT2D eigenvalue weighted by Gasteiger charge is -2.21. The molecule has 0 aliphatic heterocycles. The smallest absolute Gasteiger partial charge is 0.0595 e. The van der Waals surface area contributed by atoms with E-state index in [1.54, 1.807) is 0 Å². The van der Waals surface area contributed by atoms with Crippen LogP contribution in [-0.4, -0.2) is 6.54 Å². The first kappa shape index (κ1) is 16.6. The number of hydrogen-bond donors (Lipinski definition) is 1. The predicted octanol–water partition coefficient (Wildman–Crippen LogP) is 6.04. The molecule has 0 aromatic heterocycles. The summed E-state index contributed by atoms with van der Waals surface area (Å²) in [6, 6.07) is 11.8. The molecule has 1 N–H and O–H groups in total. The van der Waals surface area contributed by atoms with Gasteiger partial charge in [-0.25, -0.2) is 0 Å². The Morgan fingerprint density at radius 2 is 1.71 bits per heavy atom. The van der Waals surface area contributed by atoms with Crippen molar-refractivity contribution < 1.29 is 0 Å². The maximum atomic E-state index is 6.43. The van der Waals surface area contributed by atoms with Gasteiger partial charge in [0.15, 0.2) is 0 Å². The number of benzene rings is 2. The van der Waals surface area contributed by atoms with E-state index < -0.39 is 0 Å². The van der Waals surface area contributed by atoms with Gasteiger partial charge in [0.1, 0.15) is 0 Å². The Morgan fingerprint density at radius 1 is 0.952 bits per heavy atom. The van der Waals surface area contributed by atoms with Gasteiger partial charge in [-0.3, -0.25) is 0 Å². The molecule has 0 saturated carbocycles. The van der Waals surface area contributed by atoms with Gasteiger partial charge in [0, 0.05) is 5.02 Å². The van der Waals surface area contributed by atoms with Crippen molar-refractivity contribution in [1.82, 2.24) is 5.32 Å². The number of aryl methyl sites for hydroxylation is 1. The third-order valence-corrected chi connectivity index (χ3v) is 4.41. The van der Waals surface area contributed by atoms with Crippen LogP contribution < -0.4 is 5.32 Å². The van der Waals surface area contributed by atoms with Crippen LogP contribution in [0.15, 0.2) is 36.4 Å². The van der Waals surface area contributed by atoms with E-state index >= 15 is 0 Å². The summed E-state index contributed by atoms with van der Waals surface area (Å²) in [6.45, 7) is 5.06. The fourth-order valence-electron chi connectivity index (χ4n) is 2.25. The van der Waals surface area contributed by atoms with E-state index in [1.807, 2.05) is 31.2 Å². The third kappa shape index (κ3) is 4.14. The maximum absolute atomic E-state index is 6.43. The fraction of sp³-hybridized carbons (Fsp3) is 0.294. The lowest BCUT2D eigenvalue weighted by molar-refractivity contribution is 0.598. The second kappa shape index (κ2) is 7.51. The average molecular weight is 343 g/mol. The highest BCUT2D eigenvalue weighted by atomic mass is 35.5. The quantitative estimate of drug-likeness (QED) is 0.698. The molecule has 0 aliphatic carbocycles. The van der Waals surface area contributed by atoms with Crippen LogP contribution in [0.25, 0.3) is 0 Å². The Hall–Kier alpha value is -0.730. The molecule has 0 radical (unpaired) electrons. The number of halogens is 3. The molecule has 4 heteroatoms. The lowest BCUT2D eigenvalue weighted by atomic mass is 9.97. The molecule has 0 aliphatic rings. The molecule has 1 unspecified atom stereocenters. The van der Waals surface area contributed by atoms with Crippen molar-refractivity contribution in [3.63, 3.8) is 0 Å². The predicted molar refractivity (Wildman–Crippen MR) is 92.8 cm³/mol. The maximum Gasteiger partial charge on any atom is 0.0595 e. The van der Waals surface area contributed by atoms with Crippen LogP contribution in [0.1, 0.15) is 36.1 Å². The molecule has 0 fully saturated rings. The third-order valence-electron chi connectivity index (χ3n) is 3.34. The Kier molecular flexibility index (Phi) is 5.95. The average Bonchev–Trinajstić information content (AvgIpc) is 2.44. The molecule has 2 rings (SSSR count). The summed E-state index contributed by atoms with van der Waals surface area (Å²) in [5.41, 5.74) is 3.25. The van der Waals surface area contributed by atoms with Crippen molar-refractivity contribution >= 4 is 34.8 Å². The van der Waals surface area contributed by atoms with Crippen molar-refractivity contribution in [3.05, 3.63) is 68.2 Å². The summed E-state index contributed by atoms with van der Waals surface area (Å²) in [7, 11) is 0. The summed E-state index contributed by atoms with van der Waals surface area (Å²) >= 11 is 18.6. The Bertz CT molecular complexity index is 625. The first-order valence-electron chi connectivity index (χ1n) is 6.97. The molecule has 21 heavy (non-hydrogen) atoms. The van der Waals surface area contributed by atoms with E-state index in [9.17, 15) is 0 Å². The van der Waals surface area contributed by atoms with E-state index in [4.69, 9.17) is 34.8 Å². The zero-order valence-corrected chi connectivity index (χ0v) is 14.4. The molecule has 2 aromatic carbocycles. The summed E-state index contributed by atoms with van der Waals surface area (Å²) in [4.78, 5) is 0. The van der Waals surface area contributed by atoms with Gasteiger partial charge in [0.2, 0.25) is 0 Å². The Morgan fingerprint density at radius 3 is 2.33 bits per heavy atom. The lowest BCUT2D eigenvalue weighted by Crippen LogP contribution is -2.23. The van der Waals surface area contributed by atoms with E-state index in [0.29, 0.717) is 10.0 Å². The van der Waals surface area contributed by atoms with Gasteiger partial charge in [-0.1, -0.05) is 59.9 Å². The van der Waals surface area contributed by atoms with Gasteiger partial charge in [-0.05, 0) is 54.8 Å². The molecule has 0 amide bonds. The van der Waals surface area contributed by atoms with E-state index in [-0.39, 0.29) is 6.04 Å². The zero-order chi connectivity index (χ0) is 15.4. The number of rotatable bonds is 5.